The fraction of sp³-hybridized carbons (Fsp3) is 0.0909. The summed E-state index contributed by atoms with van der Waals surface area (Å²) < 4.78 is 6.41. The normalized spacial score (nSPS) is 21.3. The standard InChI is InChI=1S/C44H33NO/c1-2-10-30(11-3-1)32-18-23-36(24-19-32)45(37-25-20-31-12-4-5-14-34(31)28-37)41-27-22-33-13-6-7-15-38(33)44(41)35-21-26-40-39-16-8-9-17-42(39)46-43(40)29-35/h1-29,31,34,41,44H. The average Bonchev–Trinajstić information content (AvgIpc) is 3.50. The van der Waals surface area contributed by atoms with E-state index in [1.165, 1.54) is 39.2 Å². The molecule has 0 aliphatic heterocycles. The molecule has 4 unspecified atom stereocenters. The van der Waals surface area contributed by atoms with E-state index >= 15 is 0 Å². The van der Waals surface area contributed by atoms with E-state index in [-0.39, 0.29) is 12.0 Å². The largest absolute Gasteiger partial charge is 0.456 e. The second-order valence-electron chi connectivity index (χ2n) is 12.5. The highest BCUT2D eigenvalue weighted by Gasteiger charge is 2.35. The molecule has 0 saturated heterocycles. The fourth-order valence-electron chi connectivity index (χ4n) is 7.55. The molecule has 0 saturated carbocycles. The summed E-state index contributed by atoms with van der Waals surface area (Å²) in [6.45, 7) is 0. The van der Waals surface area contributed by atoms with E-state index in [9.17, 15) is 0 Å². The van der Waals surface area contributed by atoms with Gasteiger partial charge >= 0.3 is 0 Å². The number of benzene rings is 5. The Hall–Kier alpha value is -5.60. The summed E-state index contributed by atoms with van der Waals surface area (Å²) in [5.41, 5.74) is 10.5. The van der Waals surface area contributed by atoms with Gasteiger partial charge in [0.15, 0.2) is 0 Å². The first-order valence-corrected chi connectivity index (χ1v) is 16.2. The third kappa shape index (κ3) is 4.57. The maximum absolute atomic E-state index is 6.41. The van der Waals surface area contributed by atoms with Gasteiger partial charge in [-0.1, -0.05) is 146 Å². The highest BCUT2D eigenvalue weighted by atomic mass is 16.3. The van der Waals surface area contributed by atoms with Crippen molar-refractivity contribution in [2.45, 2.75) is 12.0 Å². The Balaban J connectivity index is 1.21. The number of nitrogens with zero attached hydrogens (tertiary/aromatic N) is 1. The minimum Gasteiger partial charge on any atom is -0.456 e. The van der Waals surface area contributed by atoms with Gasteiger partial charge < -0.3 is 9.32 Å². The molecule has 0 radical (unpaired) electrons. The maximum atomic E-state index is 6.41. The van der Waals surface area contributed by atoms with Gasteiger partial charge in [0.2, 0.25) is 0 Å². The molecular formula is C44H33NO. The number of fused-ring (bicyclic) bond motifs is 5. The molecule has 3 aliphatic carbocycles. The molecule has 220 valence electrons. The van der Waals surface area contributed by atoms with Gasteiger partial charge in [-0.15, -0.1) is 0 Å². The predicted molar refractivity (Wildman–Crippen MR) is 192 cm³/mol. The van der Waals surface area contributed by atoms with Crippen molar-refractivity contribution in [3.8, 4) is 11.1 Å². The first kappa shape index (κ1) is 26.8. The molecular weight excluding hydrogens is 558 g/mol. The Kier molecular flexibility index (Phi) is 6.45. The van der Waals surface area contributed by atoms with Crippen LogP contribution in [-0.4, -0.2) is 6.04 Å². The molecule has 1 heterocycles. The maximum Gasteiger partial charge on any atom is 0.135 e. The predicted octanol–water partition coefficient (Wildman–Crippen LogP) is 11.1. The zero-order valence-corrected chi connectivity index (χ0v) is 25.4. The van der Waals surface area contributed by atoms with Crippen molar-refractivity contribution < 1.29 is 4.42 Å². The summed E-state index contributed by atoms with van der Waals surface area (Å²) in [7, 11) is 0. The molecule has 6 aromatic rings. The van der Waals surface area contributed by atoms with E-state index in [1.54, 1.807) is 0 Å². The molecule has 0 fully saturated rings. The van der Waals surface area contributed by atoms with Crippen LogP contribution in [0.15, 0.2) is 180 Å². The van der Waals surface area contributed by atoms with Crippen molar-refractivity contribution in [3.05, 3.63) is 192 Å². The second-order valence-corrected chi connectivity index (χ2v) is 12.5. The van der Waals surface area contributed by atoms with Crippen LogP contribution in [0.25, 0.3) is 39.1 Å². The molecule has 0 amide bonds. The van der Waals surface area contributed by atoms with E-state index in [2.05, 4.69) is 175 Å². The third-order valence-electron chi connectivity index (χ3n) is 9.81. The molecule has 4 atom stereocenters. The van der Waals surface area contributed by atoms with Crippen LogP contribution in [0.5, 0.6) is 0 Å². The summed E-state index contributed by atoms with van der Waals surface area (Å²) in [4.78, 5) is 2.55. The minimum absolute atomic E-state index is 0.0369. The van der Waals surface area contributed by atoms with Crippen molar-refractivity contribution >= 4 is 33.7 Å². The lowest BCUT2D eigenvalue weighted by atomic mass is 9.77. The van der Waals surface area contributed by atoms with Crippen molar-refractivity contribution in [1.29, 1.82) is 0 Å². The Bertz CT molecular complexity index is 2230. The van der Waals surface area contributed by atoms with Crippen LogP contribution >= 0.6 is 0 Å². The number of para-hydroxylation sites is 1. The quantitative estimate of drug-likeness (QED) is 0.198. The molecule has 5 aromatic carbocycles. The first-order chi connectivity index (χ1) is 22.8. The van der Waals surface area contributed by atoms with Crippen molar-refractivity contribution in [2.24, 2.45) is 11.8 Å². The molecule has 2 heteroatoms. The third-order valence-corrected chi connectivity index (χ3v) is 9.81. The number of furan rings is 1. The van der Waals surface area contributed by atoms with Gasteiger partial charge in [0.05, 0.1) is 6.04 Å². The number of anilines is 1. The Morgan fingerprint density at radius 1 is 0.543 bits per heavy atom. The lowest BCUT2D eigenvalue weighted by Gasteiger charge is -2.42. The van der Waals surface area contributed by atoms with Crippen LogP contribution in [-0.2, 0) is 0 Å². The molecule has 9 rings (SSSR count). The average molecular weight is 592 g/mol. The molecule has 1 aromatic heterocycles. The number of rotatable bonds is 5. The smallest absolute Gasteiger partial charge is 0.135 e. The number of hydrogen-bond acceptors (Lipinski definition) is 2. The fourth-order valence-corrected chi connectivity index (χ4v) is 7.55. The van der Waals surface area contributed by atoms with E-state index in [0.717, 1.165) is 21.9 Å². The first-order valence-electron chi connectivity index (χ1n) is 16.2. The minimum atomic E-state index is 0.0369. The summed E-state index contributed by atoms with van der Waals surface area (Å²) >= 11 is 0. The van der Waals surface area contributed by atoms with Gasteiger partial charge in [0, 0.05) is 39.9 Å². The summed E-state index contributed by atoms with van der Waals surface area (Å²) in [5, 5.41) is 2.32. The Morgan fingerprint density at radius 3 is 2.17 bits per heavy atom. The molecule has 2 nitrogen and oxygen atoms in total. The van der Waals surface area contributed by atoms with E-state index in [1.807, 2.05) is 6.07 Å². The van der Waals surface area contributed by atoms with Crippen LogP contribution < -0.4 is 4.90 Å². The second kappa shape index (κ2) is 11.1. The number of hydrogen-bond donors (Lipinski definition) is 0. The van der Waals surface area contributed by atoms with Crippen LogP contribution in [0.2, 0.25) is 0 Å². The van der Waals surface area contributed by atoms with Gasteiger partial charge in [-0.25, -0.2) is 0 Å². The lowest BCUT2D eigenvalue weighted by Crippen LogP contribution is -2.40. The lowest BCUT2D eigenvalue weighted by molar-refractivity contribution is 0.622. The van der Waals surface area contributed by atoms with Gasteiger partial charge in [-0.05, 0) is 58.2 Å². The van der Waals surface area contributed by atoms with E-state index in [0.29, 0.717) is 11.8 Å². The van der Waals surface area contributed by atoms with E-state index in [4.69, 9.17) is 4.42 Å². The van der Waals surface area contributed by atoms with Crippen LogP contribution in [0.4, 0.5) is 5.69 Å². The monoisotopic (exact) mass is 591 g/mol. The Morgan fingerprint density at radius 2 is 1.28 bits per heavy atom. The van der Waals surface area contributed by atoms with Gasteiger partial charge in [0.25, 0.3) is 0 Å². The van der Waals surface area contributed by atoms with Gasteiger partial charge in [-0.2, -0.15) is 0 Å². The summed E-state index contributed by atoms with van der Waals surface area (Å²) in [6.07, 6.45) is 20.8. The summed E-state index contributed by atoms with van der Waals surface area (Å²) in [6, 6.07) is 43.7. The summed E-state index contributed by atoms with van der Waals surface area (Å²) in [5.74, 6) is 0.813. The van der Waals surface area contributed by atoms with Gasteiger partial charge in [-0.3, -0.25) is 0 Å². The van der Waals surface area contributed by atoms with Gasteiger partial charge in [0.1, 0.15) is 11.2 Å². The van der Waals surface area contributed by atoms with Crippen LogP contribution in [0.3, 0.4) is 0 Å². The SMILES string of the molecule is C1=CC2C=CC(N(c3ccc(-c4ccccc4)cc3)C3C=Cc4ccccc4C3c3ccc4c(c3)oc3ccccc34)=CC2C=C1. The highest BCUT2D eigenvalue weighted by Crippen LogP contribution is 2.44. The van der Waals surface area contributed by atoms with Crippen molar-refractivity contribution in [3.63, 3.8) is 0 Å². The van der Waals surface area contributed by atoms with Crippen molar-refractivity contribution in [1.82, 2.24) is 0 Å². The van der Waals surface area contributed by atoms with Crippen LogP contribution in [0, 0.1) is 11.8 Å². The van der Waals surface area contributed by atoms with E-state index < -0.39 is 0 Å². The molecule has 0 spiro atoms. The molecule has 46 heavy (non-hydrogen) atoms. The molecule has 0 N–H and O–H groups in total. The molecule has 0 bridgehead atoms. The number of allylic oxidation sites excluding steroid dienone is 7. The highest BCUT2D eigenvalue weighted by molar-refractivity contribution is 6.05. The zero-order valence-electron chi connectivity index (χ0n) is 25.4. The van der Waals surface area contributed by atoms with Crippen LogP contribution in [0.1, 0.15) is 22.6 Å². The topological polar surface area (TPSA) is 16.4 Å². The van der Waals surface area contributed by atoms with Crippen molar-refractivity contribution in [2.75, 3.05) is 4.90 Å². The molecule has 3 aliphatic rings. The zero-order chi connectivity index (χ0) is 30.5. The Labute approximate surface area is 269 Å².